The quantitative estimate of drug-likeness (QED) is 0.599. The maximum Gasteiger partial charge on any atom is 0.266 e. The molecule has 5 heteroatoms. The summed E-state index contributed by atoms with van der Waals surface area (Å²) in [6.45, 7) is 5.74. The molecule has 1 saturated heterocycles. The molecular formula is C18H24N2O2S. The summed E-state index contributed by atoms with van der Waals surface area (Å²) < 4.78 is 0. The zero-order valence-electron chi connectivity index (χ0n) is 13.8. The minimum absolute atomic E-state index is 0.0340. The largest absolute Gasteiger partial charge is 0.508 e. The van der Waals surface area contributed by atoms with Crippen LogP contribution in [0, 0.1) is 0 Å². The number of carbonyl (C=O) groups excluding carboxylic acids is 1. The molecule has 1 heterocycles. The van der Waals surface area contributed by atoms with E-state index in [0.717, 1.165) is 49.5 Å². The average Bonchev–Trinajstić information content (AvgIpc) is 2.83. The summed E-state index contributed by atoms with van der Waals surface area (Å²) in [5.41, 5.74) is 0.906. The fourth-order valence-electron chi connectivity index (χ4n) is 2.19. The first kappa shape index (κ1) is 17.6. The second kappa shape index (κ2) is 8.77. The van der Waals surface area contributed by atoms with E-state index in [4.69, 9.17) is 0 Å². The molecule has 1 amide bonds. The first-order valence-electron chi connectivity index (χ1n) is 8.20. The second-order valence-electron chi connectivity index (χ2n) is 5.53. The van der Waals surface area contributed by atoms with Gasteiger partial charge in [0.05, 0.1) is 4.91 Å². The van der Waals surface area contributed by atoms with Crippen LogP contribution in [0.5, 0.6) is 5.75 Å². The predicted molar refractivity (Wildman–Crippen MR) is 97.5 cm³/mol. The Morgan fingerprint density at radius 2 is 1.87 bits per heavy atom. The molecule has 0 bridgehead atoms. The summed E-state index contributed by atoms with van der Waals surface area (Å²) in [7, 11) is 0. The maximum absolute atomic E-state index is 12.6. The van der Waals surface area contributed by atoms with Crippen LogP contribution >= 0.6 is 11.8 Å². The van der Waals surface area contributed by atoms with Crippen LogP contribution in [0.2, 0.25) is 0 Å². The van der Waals surface area contributed by atoms with E-state index in [1.165, 1.54) is 11.8 Å². The number of aromatic hydroxyl groups is 1. The van der Waals surface area contributed by atoms with E-state index in [-0.39, 0.29) is 11.7 Å². The highest BCUT2D eigenvalue weighted by atomic mass is 32.2. The number of rotatable bonds is 7. The summed E-state index contributed by atoms with van der Waals surface area (Å²) >= 11 is 1.45. The van der Waals surface area contributed by atoms with E-state index in [9.17, 15) is 9.90 Å². The third kappa shape index (κ3) is 4.86. The van der Waals surface area contributed by atoms with Gasteiger partial charge in [-0.25, -0.2) is 0 Å². The molecule has 124 valence electrons. The van der Waals surface area contributed by atoms with Crippen molar-refractivity contribution in [1.29, 1.82) is 0 Å². The molecule has 1 fully saturated rings. The maximum atomic E-state index is 12.6. The first-order chi connectivity index (χ1) is 11.2. The average molecular weight is 332 g/mol. The van der Waals surface area contributed by atoms with Gasteiger partial charge in [-0.3, -0.25) is 14.7 Å². The van der Waals surface area contributed by atoms with E-state index in [1.807, 2.05) is 6.08 Å². The van der Waals surface area contributed by atoms with Gasteiger partial charge in [0.2, 0.25) is 0 Å². The number of amidine groups is 1. The van der Waals surface area contributed by atoms with Gasteiger partial charge in [-0.1, -0.05) is 38.8 Å². The van der Waals surface area contributed by atoms with Gasteiger partial charge in [0.1, 0.15) is 5.75 Å². The molecular weight excluding hydrogens is 308 g/mol. The van der Waals surface area contributed by atoms with Crippen molar-refractivity contribution in [2.24, 2.45) is 4.99 Å². The minimum atomic E-state index is 0.0340. The van der Waals surface area contributed by atoms with Gasteiger partial charge < -0.3 is 5.11 Å². The number of hydrogen-bond donors (Lipinski definition) is 1. The molecule has 4 nitrogen and oxygen atoms in total. The van der Waals surface area contributed by atoms with Crippen LogP contribution in [0.4, 0.5) is 0 Å². The van der Waals surface area contributed by atoms with Gasteiger partial charge in [-0.2, -0.15) is 0 Å². The number of aliphatic imine (C=N–C) groups is 1. The summed E-state index contributed by atoms with van der Waals surface area (Å²) in [5.74, 6) is 0.260. The van der Waals surface area contributed by atoms with Crippen LogP contribution in [0.25, 0.3) is 6.08 Å². The number of benzene rings is 1. The Bertz CT molecular complexity index is 594. The zero-order valence-corrected chi connectivity index (χ0v) is 14.6. The van der Waals surface area contributed by atoms with Crippen molar-refractivity contribution in [2.75, 3.05) is 13.1 Å². The van der Waals surface area contributed by atoms with Crippen molar-refractivity contribution in [3.8, 4) is 5.75 Å². The van der Waals surface area contributed by atoms with Gasteiger partial charge >= 0.3 is 0 Å². The monoisotopic (exact) mass is 332 g/mol. The highest BCUT2D eigenvalue weighted by Gasteiger charge is 2.32. The number of thioether (sulfide) groups is 1. The minimum Gasteiger partial charge on any atom is -0.508 e. The molecule has 0 radical (unpaired) electrons. The lowest BCUT2D eigenvalue weighted by Gasteiger charge is -2.14. The van der Waals surface area contributed by atoms with E-state index in [2.05, 4.69) is 18.8 Å². The van der Waals surface area contributed by atoms with Crippen LogP contribution < -0.4 is 0 Å². The summed E-state index contributed by atoms with van der Waals surface area (Å²) in [6, 6.07) is 6.86. The van der Waals surface area contributed by atoms with Crippen molar-refractivity contribution in [2.45, 2.75) is 39.5 Å². The topological polar surface area (TPSA) is 52.9 Å². The summed E-state index contributed by atoms with van der Waals surface area (Å²) in [4.78, 5) is 19.7. The number of nitrogens with zero attached hydrogens (tertiary/aromatic N) is 2. The van der Waals surface area contributed by atoms with Crippen LogP contribution in [0.3, 0.4) is 0 Å². The van der Waals surface area contributed by atoms with E-state index < -0.39 is 0 Å². The molecule has 1 aliphatic heterocycles. The molecule has 1 aromatic carbocycles. The molecule has 0 aromatic heterocycles. The summed E-state index contributed by atoms with van der Waals surface area (Å²) in [6.07, 6.45) is 6.03. The molecule has 0 atom stereocenters. The van der Waals surface area contributed by atoms with E-state index in [0.29, 0.717) is 4.91 Å². The smallest absolute Gasteiger partial charge is 0.266 e. The lowest BCUT2D eigenvalue weighted by Crippen LogP contribution is -2.30. The van der Waals surface area contributed by atoms with Crippen LogP contribution in [-0.4, -0.2) is 34.2 Å². The van der Waals surface area contributed by atoms with E-state index in [1.54, 1.807) is 29.2 Å². The van der Waals surface area contributed by atoms with Crippen LogP contribution in [-0.2, 0) is 4.79 Å². The van der Waals surface area contributed by atoms with Crippen LogP contribution in [0.1, 0.15) is 45.1 Å². The molecule has 1 aromatic rings. The third-order valence-electron chi connectivity index (χ3n) is 3.57. The molecule has 0 unspecified atom stereocenters. The Hall–Kier alpha value is -1.75. The molecule has 0 saturated carbocycles. The standard InChI is InChI=1S/C18H24N2O2S/c1-3-5-11-19-18-20(12-6-4-2)17(22)16(23-18)13-14-7-9-15(21)10-8-14/h7-10,13,21H,3-6,11-12H2,1-2H3/b16-13-,19-18?. The lowest BCUT2D eigenvalue weighted by molar-refractivity contribution is -0.122. The normalized spacial score (nSPS) is 18.3. The Kier molecular flexibility index (Phi) is 6.71. The Balaban J connectivity index is 2.19. The highest BCUT2D eigenvalue weighted by molar-refractivity contribution is 8.18. The van der Waals surface area contributed by atoms with Gasteiger partial charge in [-0.15, -0.1) is 0 Å². The molecule has 1 aliphatic rings. The first-order valence-corrected chi connectivity index (χ1v) is 9.02. The van der Waals surface area contributed by atoms with Gasteiger partial charge in [0.25, 0.3) is 5.91 Å². The lowest BCUT2D eigenvalue weighted by atomic mass is 10.2. The number of phenolic OH excluding ortho intramolecular Hbond substituents is 1. The molecule has 23 heavy (non-hydrogen) atoms. The van der Waals surface area contributed by atoms with Crippen molar-refractivity contribution < 1.29 is 9.90 Å². The van der Waals surface area contributed by atoms with Crippen molar-refractivity contribution in [3.63, 3.8) is 0 Å². The third-order valence-corrected chi connectivity index (χ3v) is 4.62. The number of unbranched alkanes of at least 4 members (excludes halogenated alkanes) is 2. The van der Waals surface area contributed by atoms with Crippen molar-refractivity contribution >= 4 is 28.9 Å². The van der Waals surface area contributed by atoms with E-state index >= 15 is 0 Å². The van der Waals surface area contributed by atoms with Crippen LogP contribution in [0.15, 0.2) is 34.2 Å². The SMILES string of the molecule is CCCCN=C1S/C(=C\c2ccc(O)cc2)C(=O)N1CCCC. The second-order valence-corrected chi connectivity index (χ2v) is 6.54. The number of phenols is 1. The summed E-state index contributed by atoms with van der Waals surface area (Å²) in [5, 5.41) is 10.2. The predicted octanol–water partition coefficient (Wildman–Crippen LogP) is 4.26. The molecule has 0 spiro atoms. The number of hydrogen-bond acceptors (Lipinski definition) is 4. The highest BCUT2D eigenvalue weighted by Crippen LogP contribution is 2.33. The van der Waals surface area contributed by atoms with Gasteiger partial charge in [0.15, 0.2) is 5.17 Å². The Labute approximate surface area is 142 Å². The van der Waals surface area contributed by atoms with Gasteiger partial charge in [-0.05, 0) is 48.4 Å². The number of carbonyl (C=O) groups is 1. The molecule has 2 rings (SSSR count). The molecule has 0 aliphatic carbocycles. The zero-order chi connectivity index (χ0) is 16.7. The Morgan fingerprint density at radius 3 is 2.52 bits per heavy atom. The Morgan fingerprint density at radius 1 is 1.17 bits per heavy atom. The van der Waals surface area contributed by atoms with Crippen molar-refractivity contribution in [1.82, 2.24) is 4.90 Å². The fourth-order valence-corrected chi connectivity index (χ4v) is 3.22. The van der Waals surface area contributed by atoms with Crippen molar-refractivity contribution in [3.05, 3.63) is 34.7 Å². The molecule has 1 N–H and O–H groups in total. The number of amides is 1. The van der Waals surface area contributed by atoms with Gasteiger partial charge in [0, 0.05) is 13.1 Å². The fraction of sp³-hybridized carbons (Fsp3) is 0.444.